The van der Waals surface area contributed by atoms with E-state index in [-0.39, 0.29) is 23.8 Å². The summed E-state index contributed by atoms with van der Waals surface area (Å²) in [6.45, 7) is 9.83. The SMILES string of the molecule is C=C[C@@H]1CC1(C(=O)OC)N(C)C(=O)[C@@H]1CCCN1C(=O)[C@@H](NC(=O)OC1C[C@@H]2C[C@@H]2C1)C(C)(C)C. The lowest BCUT2D eigenvalue weighted by molar-refractivity contribution is -0.157. The lowest BCUT2D eigenvalue weighted by atomic mass is 9.85. The van der Waals surface area contributed by atoms with Crippen molar-refractivity contribution >= 4 is 23.9 Å². The van der Waals surface area contributed by atoms with Crippen LogP contribution in [0.3, 0.4) is 0 Å². The summed E-state index contributed by atoms with van der Waals surface area (Å²) < 4.78 is 10.6. The summed E-state index contributed by atoms with van der Waals surface area (Å²) in [5, 5.41) is 2.80. The zero-order valence-corrected chi connectivity index (χ0v) is 21.5. The molecule has 1 N–H and O–H groups in total. The van der Waals surface area contributed by atoms with E-state index in [0.717, 1.165) is 12.8 Å². The molecule has 3 saturated carbocycles. The average Bonchev–Trinajstić information content (AvgIpc) is 3.61. The molecular weight excluding hydrogens is 450 g/mol. The van der Waals surface area contributed by atoms with E-state index < -0.39 is 35.1 Å². The van der Waals surface area contributed by atoms with Gasteiger partial charge in [0.05, 0.1) is 7.11 Å². The maximum absolute atomic E-state index is 13.7. The van der Waals surface area contributed by atoms with Gasteiger partial charge in [-0.1, -0.05) is 26.8 Å². The number of ether oxygens (including phenoxy) is 2. The topological polar surface area (TPSA) is 105 Å². The zero-order valence-electron chi connectivity index (χ0n) is 21.5. The molecule has 0 aromatic heterocycles. The van der Waals surface area contributed by atoms with Gasteiger partial charge in [-0.2, -0.15) is 0 Å². The number of hydrogen-bond acceptors (Lipinski definition) is 6. The third-order valence-electron chi connectivity index (χ3n) is 8.41. The first kappa shape index (κ1) is 25.5. The standard InChI is InChI=1S/C26H39N3O6/c1-7-17-14-26(17,23(32)34-6)28(5)21(30)19-9-8-10-29(19)22(31)20(25(2,3)4)27-24(33)35-18-12-15-11-16(15)13-18/h7,15-20H,1,8-14H2,2-6H3,(H,27,33)/t15-,16+,17-,18?,19+,20-,26?/m1/s1. The molecule has 0 radical (unpaired) electrons. The van der Waals surface area contributed by atoms with Gasteiger partial charge in [0.2, 0.25) is 11.8 Å². The molecule has 4 aliphatic rings. The van der Waals surface area contributed by atoms with Gasteiger partial charge in [0.15, 0.2) is 0 Å². The monoisotopic (exact) mass is 489 g/mol. The first-order chi connectivity index (χ1) is 16.4. The zero-order chi connectivity index (χ0) is 25.7. The maximum Gasteiger partial charge on any atom is 0.408 e. The van der Waals surface area contributed by atoms with Crippen molar-refractivity contribution in [1.82, 2.24) is 15.1 Å². The van der Waals surface area contributed by atoms with Gasteiger partial charge in [-0.25, -0.2) is 9.59 Å². The molecule has 1 saturated heterocycles. The molecule has 0 aromatic carbocycles. The van der Waals surface area contributed by atoms with Gasteiger partial charge < -0.3 is 24.6 Å². The lowest BCUT2D eigenvalue weighted by Gasteiger charge is -2.37. The first-order valence-corrected chi connectivity index (χ1v) is 12.7. The molecule has 1 aliphatic heterocycles. The van der Waals surface area contributed by atoms with Gasteiger partial charge in [0.25, 0.3) is 0 Å². The Morgan fingerprint density at radius 1 is 1.17 bits per heavy atom. The number of alkyl carbamates (subject to hydrolysis) is 1. The van der Waals surface area contributed by atoms with E-state index in [0.29, 0.717) is 37.6 Å². The minimum absolute atomic E-state index is 0.0879. The van der Waals surface area contributed by atoms with Gasteiger partial charge in [-0.3, -0.25) is 9.59 Å². The largest absolute Gasteiger partial charge is 0.467 e. The number of likely N-dealkylation sites (tertiary alicyclic amines) is 1. The van der Waals surface area contributed by atoms with Crippen LogP contribution < -0.4 is 5.32 Å². The summed E-state index contributed by atoms with van der Waals surface area (Å²) >= 11 is 0. The van der Waals surface area contributed by atoms with E-state index in [1.54, 1.807) is 18.0 Å². The maximum atomic E-state index is 13.7. The van der Waals surface area contributed by atoms with Crippen LogP contribution in [0, 0.1) is 23.2 Å². The minimum atomic E-state index is -1.07. The van der Waals surface area contributed by atoms with Gasteiger partial charge in [0, 0.05) is 19.5 Å². The van der Waals surface area contributed by atoms with E-state index in [2.05, 4.69) is 11.9 Å². The van der Waals surface area contributed by atoms with Crippen LogP contribution in [0.5, 0.6) is 0 Å². The molecule has 4 fully saturated rings. The van der Waals surface area contributed by atoms with E-state index >= 15 is 0 Å². The van der Waals surface area contributed by atoms with E-state index in [1.807, 2.05) is 20.8 Å². The summed E-state index contributed by atoms with van der Waals surface area (Å²) in [6, 6.07) is -1.55. The van der Waals surface area contributed by atoms with Gasteiger partial charge >= 0.3 is 12.1 Å². The highest BCUT2D eigenvalue weighted by atomic mass is 16.6. The number of nitrogens with one attached hydrogen (secondary N) is 1. The Morgan fingerprint density at radius 3 is 2.37 bits per heavy atom. The van der Waals surface area contributed by atoms with Crippen LogP contribution in [-0.4, -0.2) is 78.1 Å². The molecule has 3 amide bonds. The smallest absolute Gasteiger partial charge is 0.408 e. The average molecular weight is 490 g/mol. The van der Waals surface area contributed by atoms with E-state index in [1.165, 1.54) is 18.4 Å². The Morgan fingerprint density at radius 2 is 1.83 bits per heavy atom. The summed E-state index contributed by atoms with van der Waals surface area (Å²) in [5.74, 6) is 0.0935. The molecule has 0 aromatic rings. The van der Waals surface area contributed by atoms with Crippen LogP contribution in [0.4, 0.5) is 4.79 Å². The van der Waals surface area contributed by atoms with Crippen molar-refractivity contribution in [2.45, 2.75) is 83.0 Å². The predicted octanol–water partition coefficient (Wildman–Crippen LogP) is 2.49. The van der Waals surface area contributed by atoms with Crippen molar-refractivity contribution in [2.75, 3.05) is 20.7 Å². The number of fused-ring (bicyclic) bond motifs is 1. The van der Waals surface area contributed by atoms with Crippen molar-refractivity contribution in [3.05, 3.63) is 12.7 Å². The number of rotatable bonds is 7. The van der Waals surface area contributed by atoms with Crippen molar-refractivity contribution in [3.8, 4) is 0 Å². The van der Waals surface area contributed by atoms with Crippen molar-refractivity contribution in [3.63, 3.8) is 0 Å². The molecule has 0 spiro atoms. The van der Waals surface area contributed by atoms with E-state index in [9.17, 15) is 19.2 Å². The molecule has 1 heterocycles. The molecule has 3 aliphatic carbocycles. The molecular formula is C26H39N3O6. The normalized spacial score (nSPS) is 33.9. The summed E-state index contributed by atoms with van der Waals surface area (Å²) in [6.07, 6.45) is 5.63. The highest BCUT2D eigenvalue weighted by Crippen LogP contribution is 2.52. The first-order valence-electron chi connectivity index (χ1n) is 12.7. The molecule has 35 heavy (non-hydrogen) atoms. The Labute approximate surface area is 207 Å². The third-order valence-corrected chi connectivity index (χ3v) is 8.41. The molecule has 194 valence electrons. The second kappa shape index (κ2) is 9.13. The number of carbonyl (C=O) groups excluding carboxylic acids is 4. The Bertz CT molecular complexity index is 903. The quantitative estimate of drug-likeness (QED) is 0.435. The number of methoxy groups -OCH3 is 1. The van der Waals surface area contributed by atoms with Crippen LogP contribution >= 0.6 is 0 Å². The lowest BCUT2D eigenvalue weighted by Crippen LogP contribution is -2.59. The van der Waals surface area contributed by atoms with Crippen LogP contribution in [0.2, 0.25) is 0 Å². The highest BCUT2D eigenvalue weighted by Gasteiger charge is 2.65. The highest BCUT2D eigenvalue weighted by molar-refractivity contribution is 5.96. The molecule has 7 atom stereocenters. The Hall–Kier alpha value is -2.58. The molecule has 9 nitrogen and oxygen atoms in total. The number of esters is 1. The second-order valence-corrected chi connectivity index (χ2v) is 11.7. The van der Waals surface area contributed by atoms with Gasteiger partial charge in [-0.05, 0) is 55.8 Å². The van der Waals surface area contributed by atoms with Crippen molar-refractivity contribution in [2.24, 2.45) is 23.2 Å². The summed E-state index contributed by atoms with van der Waals surface area (Å²) in [7, 11) is 2.90. The number of carbonyl (C=O) groups is 4. The fourth-order valence-corrected chi connectivity index (χ4v) is 6.07. The fraction of sp³-hybridized carbons (Fsp3) is 0.769. The third kappa shape index (κ3) is 4.66. The molecule has 0 bridgehead atoms. The van der Waals surface area contributed by atoms with Crippen LogP contribution in [0.15, 0.2) is 12.7 Å². The van der Waals surface area contributed by atoms with Crippen molar-refractivity contribution < 1.29 is 28.7 Å². The summed E-state index contributed by atoms with van der Waals surface area (Å²) in [5.41, 5.74) is -1.66. The Kier molecular flexibility index (Phi) is 6.66. The number of hydrogen-bond donors (Lipinski definition) is 1. The number of likely N-dealkylation sites (N-methyl/N-ethyl adjacent to an activating group) is 1. The van der Waals surface area contributed by atoms with Crippen molar-refractivity contribution in [1.29, 1.82) is 0 Å². The molecule has 4 rings (SSSR count). The molecule has 9 heteroatoms. The molecule has 2 unspecified atom stereocenters. The predicted molar refractivity (Wildman–Crippen MR) is 128 cm³/mol. The number of amides is 3. The number of nitrogens with zero attached hydrogens (tertiary/aromatic N) is 2. The second-order valence-electron chi connectivity index (χ2n) is 11.7. The van der Waals surface area contributed by atoms with Crippen LogP contribution in [-0.2, 0) is 23.9 Å². The van der Waals surface area contributed by atoms with E-state index in [4.69, 9.17) is 9.47 Å². The Balaban J connectivity index is 1.45. The fourth-order valence-electron chi connectivity index (χ4n) is 6.07. The van der Waals surface area contributed by atoms with Crippen LogP contribution in [0.1, 0.15) is 59.3 Å². The van der Waals surface area contributed by atoms with Gasteiger partial charge in [0.1, 0.15) is 23.7 Å². The van der Waals surface area contributed by atoms with Gasteiger partial charge in [-0.15, -0.1) is 6.58 Å². The van der Waals surface area contributed by atoms with Crippen LogP contribution in [0.25, 0.3) is 0 Å². The minimum Gasteiger partial charge on any atom is -0.467 e. The summed E-state index contributed by atoms with van der Waals surface area (Å²) in [4.78, 5) is 55.5.